The van der Waals surface area contributed by atoms with Crippen LogP contribution in [0, 0.1) is 0 Å². The first-order valence-corrected chi connectivity index (χ1v) is 7.94. The fourth-order valence-corrected chi connectivity index (χ4v) is 2.72. The van der Waals surface area contributed by atoms with Gasteiger partial charge < -0.3 is 15.2 Å². The SMILES string of the molecule is CN(C)CCCCNC(=O)c1cc2c(cn1)[nH]c1ccccc12. The van der Waals surface area contributed by atoms with Gasteiger partial charge in [0.2, 0.25) is 0 Å². The molecule has 5 nitrogen and oxygen atoms in total. The summed E-state index contributed by atoms with van der Waals surface area (Å²) in [6.45, 7) is 1.72. The number of aromatic nitrogens is 2. The molecule has 0 radical (unpaired) electrons. The Morgan fingerprint density at radius 1 is 1.17 bits per heavy atom. The summed E-state index contributed by atoms with van der Waals surface area (Å²) in [7, 11) is 4.11. The number of H-pyrrole nitrogens is 1. The fraction of sp³-hybridized carbons (Fsp3) is 0.333. The zero-order valence-corrected chi connectivity index (χ0v) is 13.6. The van der Waals surface area contributed by atoms with Gasteiger partial charge in [-0.2, -0.15) is 0 Å². The minimum absolute atomic E-state index is 0.109. The molecule has 1 aromatic carbocycles. The van der Waals surface area contributed by atoms with Crippen molar-refractivity contribution >= 4 is 27.7 Å². The standard InChI is InChI=1S/C18H22N4O/c1-22(2)10-6-5-9-19-18(23)16-11-14-13-7-3-4-8-15(13)21-17(14)12-20-16/h3-4,7-8,11-12,21H,5-6,9-10H2,1-2H3,(H,19,23). The van der Waals surface area contributed by atoms with Crippen LogP contribution in [0.3, 0.4) is 0 Å². The topological polar surface area (TPSA) is 61.0 Å². The van der Waals surface area contributed by atoms with Gasteiger partial charge in [0, 0.05) is 22.8 Å². The van der Waals surface area contributed by atoms with Gasteiger partial charge in [-0.3, -0.25) is 4.79 Å². The lowest BCUT2D eigenvalue weighted by Crippen LogP contribution is -2.26. The van der Waals surface area contributed by atoms with E-state index in [1.165, 1.54) is 0 Å². The monoisotopic (exact) mass is 310 g/mol. The van der Waals surface area contributed by atoms with E-state index in [0.29, 0.717) is 12.2 Å². The summed E-state index contributed by atoms with van der Waals surface area (Å²) in [5, 5.41) is 5.10. The molecule has 0 aliphatic rings. The van der Waals surface area contributed by atoms with Crippen LogP contribution in [0.2, 0.25) is 0 Å². The first-order valence-electron chi connectivity index (χ1n) is 7.94. The highest BCUT2D eigenvalue weighted by Gasteiger charge is 2.10. The van der Waals surface area contributed by atoms with Gasteiger partial charge in [-0.15, -0.1) is 0 Å². The highest BCUT2D eigenvalue weighted by Crippen LogP contribution is 2.24. The molecule has 2 N–H and O–H groups in total. The maximum atomic E-state index is 12.2. The highest BCUT2D eigenvalue weighted by atomic mass is 16.1. The number of aromatic amines is 1. The number of amides is 1. The molecule has 23 heavy (non-hydrogen) atoms. The number of nitrogens with one attached hydrogen (secondary N) is 2. The Labute approximate surface area is 135 Å². The van der Waals surface area contributed by atoms with Gasteiger partial charge in [0.1, 0.15) is 5.69 Å². The van der Waals surface area contributed by atoms with E-state index in [2.05, 4.69) is 40.3 Å². The van der Waals surface area contributed by atoms with E-state index >= 15 is 0 Å². The number of pyridine rings is 1. The van der Waals surface area contributed by atoms with Gasteiger partial charge in [0.15, 0.2) is 0 Å². The summed E-state index contributed by atoms with van der Waals surface area (Å²) in [6, 6.07) is 9.94. The first-order chi connectivity index (χ1) is 11.1. The molecule has 0 spiro atoms. The second kappa shape index (κ2) is 6.79. The lowest BCUT2D eigenvalue weighted by atomic mass is 10.1. The third kappa shape index (κ3) is 3.51. The van der Waals surface area contributed by atoms with Crippen molar-refractivity contribution in [2.24, 2.45) is 0 Å². The Balaban J connectivity index is 1.70. The largest absolute Gasteiger partial charge is 0.353 e. The van der Waals surface area contributed by atoms with Crippen molar-refractivity contribution in [1.29, 1.82) is 0 Å². The van der Waals surface area contributed by atoms with Crippen LogP contribution >= 0.6 is 0 Å². The molecule has 0 aliphatic heterocycles. The third-order valence-corrected chi connectivity index (χ3v) is 3.94. The van der Waals surface area contributed by atoms with Crippen LogP contribution in [0.5, 0.6) is 0 Å². The molecule has 0 atom stereocenters. The molecular formula is C18H22N4O. The van der Waals surface area contributed by atoms with Crippen LogP contribution in [-0.2, 0) is 0 Å². The zero-order valence-electron chi connectivity index (χ0n) is 13.6. The van der Waals surface area contributed by atoms with E-state index in [0.717, 1.165) is 41.2 Å². The normalized spacial score (nSPS) is 11.4. The zero-order chi connectivity index (χ0) is 16.2. The van der Waals surface area contributed by atoms with E-state index in [1.54, 1.807) is 6.20 Å². The summed E-state index contributed by atoms with van der Waals surface area (Å²) in [5.41, 5.74) is 2.48. The average Bonchev–Trinajstić information content (AvgIpc) is 2.91. The number of hydrogen-bond acceptors (Lipinski definition) is 3. The van der Waals surface area contributed by atoms with E-state index in [-0.39, 0.29) is 5.91 Å². The Morgan fingerprint density at radius 3 is 2.83 bits per heavy atom. The number of carbonyl (C=O) groups excluding carboxylic acids is 1. The maximum Gasteiger partial charge on any atom is 0.269 e. The number of unbranched alkanes of at least 4 members (excludes halogenated alkanes) is 1. The predicted octanol–water partition coefficient (Wildman–Crippen LogP) is 2.79. The Bertz CT molecular complexity index is 822. The van der Waals surface area contributed by atoms with E-state index in [9.17, 15) is 4.79 Å². The van der Waals surface area contributed by atoms with Crippen LogP contribution in [0.15, 0.2) is 36.5 Å². The number of benzene rings is 1. The van der Waals surface area contributed by atoms with Crippen molar-refractivity contribution in [3.05, 3.63) is 42.2 Å². The van der Waals surface area contributed by atoms with Gasteiger partial charge in [-0.25, -0.2) is 4.98 Å². The molecule has 0 aliphatic carbocycles. The predicted molar refractivity (Wildman–Crippen MR) is 93.7 cm³/mol. The molecule has 0 bridgehead atoms. The van der Waals surface area contributed by atoms with Crippen molar-refractivity contribution in [2.45, 2.75) is 12.8 Å². The quantitative estimate of drug-likeness (QED) is 0.688. The maximum absolute atomic E-state index is 12.2. The second-order valence-corrected chi connectivity index (χ2v) is 6.05. The Kier molecular flexibility index (Phi) is 4.57. The minimum Gasteiger partial charge on any atom is -0.353 e. The van der Waals surface area contributed by atoms with E-state index < -0.39 is 0 Å². The van der Waals surface area contributed by atoms with Crippen molar-refractivity contribution in [1.82, 2.24) is 20.2 Å². The molecule has 0 unspecified atom stereocenters. The van der Waals surface area contributed by atoms with Gasteiger partial charge >= 0.3 is 0 Å². The van der Waals surface area contributed by atoms with Crippen LogP contribution in [0.25, 0.3) is 21.8 Å². The van der Waals surface area contributed by atoms with Crippen LogP contribution < -0.4 is 5.32 Å². The number of para-hydroxylation sites is 1. The molecule has 0 saturated heterocycles. The van der Waals surface area contributed by atoms with Crippen molar-refractivity contribution in [2.75, 3.05) is 27.2 Å². The fourth-order valence-electron chi connectivity index (χ4n) is 2.72. The molecule has 5 heteroatoms. The summed E-state index contributed by atoms with van der Waals surface area (Å²) < 4.78 is 0. The molecule has 0 fully saturated rings. The average molecular weight is 310 g/mol. The Hall–Kier alpha value is -2.40. The van der Waals surface area contributed by atoms with E-state index in [4.69, 9.17) is 0 Å². The van der Waals surface area contributed by atoms with Gasteiger partial charge in [-0.1, -0.05) is 18.2 Å². The molecule has 2 aromatic heterocycles. The van der Waals surface area contributed by atoms with Gasteiger partial charge in [0.05, 0.1) is 11.7 Å². The highest BCUT2D eigenvalue weighted by molar-refractivity contribution is 6.09. The Morgan fingerprint density at radius 2 is 2.00 bits per heavy atom. The van der Waals surface area contributed by atoms with Crippen molar-refractivity contribution < 1.29 is 4.79 Å². The first kappa shape index (κ1) is 15.5. The van der Waals surface area contributed by atoms with Gasteiger partial charge in [-0.05, 0) is 45.6 Å². The summed E-state index contributed by atoms with van der Waals surface area (Å²) >= 11 is 0. The molecular weight excluding hydrogens is 288 g/mol. The molecule has 3 rings (SSSR count). The second-order valence-electron chi connectivity index (χ2n) is 6.05. The number of nitrogens with zero attached hydrogens (tertiary/aromatic N) is 2. The third-order valence-electron chi connectivity index (χ3n) is 3.94. The molecule has 120 valence electrons. The summed E-state index contributed by atoms with van der Waals surface area (Å²) in [5.74, 6) is -0.109. The summed E-state index contributed by atoms with van der Waals surface area (Å²) in [6.07, 6.45) is 3.78. The smallest absolute Gasteiger partial charge is 0.269 e. The number of hydrogen-bond donors (Lipinski definition) is 2. The van der Waals surface area contributed by atoms with Crippen LogP contribution in [-0.4, -0.2) is 48.0 Å². The summed E-state index contributed by atoms with van der Waals surface area (Å²) in [4.78, 5) is 22.0. The van der Waals surface area contributed by atoms with E-state index in [1.807, 2.05) is 24.3 Å². The number of fused-ring (bicyclic) bond motifs is 3. The van der Waals surface area contributed by atoms with Crippen LogP contribution in [0.1, 0.15) is 23.3 Å². The minimum atomic E-state index is -0.109. The number of carbonyl (C=O) groups is 1. The molecule has 2 heterocycles. The molecule has 0 saturated carbocycles. The molecule has 1 amide bonds. The molecule has 3 aromatic rings. The number of rotatable bonds is 6. The lowest BCUT2D eigenvalue weighted by molar-refractivity contribution is 0.0948. The lowest BCUT2D eigenvalue weighted by Gasteiger charge is -2.09. The van der Waals surface area contributed by atoms with Crippen LogP contribution in [0.4, 0.5) is 0 Å². The van der Waals surface area contributed by atoms with Crippen molar-refractivity contribution in [3.8, 4) is 0 Å². The van der Waals surface area contributed by atoms with Crippen molar-refractivity contribution in [3.63, 3.8) is 0 Å². The van der Waals surface area contributed by atoms with Gasteiger partial charge in [0.25, 0.3) is 5.91 Å².